The van der Waals surface area contributed by atoms with Crippen molar-refractivity contribution in [3.8, 4) is 16.9 Å². The molecule has 74 heavy (non-hydrogen) atoms. The number of phenols is 1. The molecule has 5 aliphatic rings. The van der Waals surface area contributed by atoms with E-state index in [0.29, 0.717) is 74.5 Å². The van der Waals surface area contributed by atoms with Crippen molar-refractivity contribution < 1.29 is 28.2 Å². The van der Waals surface area contributed by atoms with Gasteiger partial charge in [0.25, 0.3) is 6.43 Å². The van der Waals surface area contributed by atoms with Crippen LogP contribution in [0.25, 0.3) is 11.1 Å². The van der Waals surface area contributed by atoms with E-state index >= 15 is 0 Å². The smallest absolute Gasteiger partial charge is 0.317 e. The van der Waals surface area contributed by atoms with Gasteiger partial charge in [-0.15, -0.1) is 0 Å². The Morgan fingerprint density at radius 2 is 1.64 bits per heavy atom. The van der Waals surface area contributed by atoms with E-state index in [9.17, 15) is 23.5 Å². The lowest BCUT2D eigenvalue weighted by Crippen LogP contribution is -2.43. The van der Waals surface area contributed by atoms with E-state index in [1.54, 1.807) is 42.1 Å². The first-order valence-electron chi connectivity index (χ1n) is 27.0. The average Bonchev–Trinajstić information content (AvgIpc) is 4.05. The molecule has 1 aliphatic carbocycles. The summed E-state index contributed by atoms with van der Waals surface area (Å²) in [6.07, 6.45) is 10.7. The van der Waals surface area contributed by atoms with Crippen molar-refractivity contribution in [2.45, 2.75) is 101 Å². The number of nitrogens with one attached hydrogen (secondary N) is 1. The second kappa shape index (κ2) is 21.6. The number of aryl methyl sites for hydroxylation is 3. The van der Waals surface area contributed by atoms with E-state index in [2.05, 4.69) is 85.6 Å². The van der Waals surface area contributed by atoms with Crippen LogP contribution in [0.1, 0.15) is 120 Å². The molecule has 2 saturated heterocycles. The number of halogens is 2. The molecular weight excluding hydrogens is 937 g/mol. The number of carbonyl (C=O) groups excluding carboxylic acids is 2. The van der Waals surface area contributed by atoms with Crippen LogP contribution in [-0.2, 0) is 42.4 Å². The summed E-state index contributed by atoms with van der Waals surface area (Å²) in [5, 5.41) is 22.6. The van der Waals surface area contributed by atoms with Gasteiger partial charge in [-0.2, -0.15) is 10.2 Å². The number of phenolic OH excluding ortho intramolecular Hbond substituents is 1. The second-order valence-corrected chi connectivity index (χ2v) is 21.2. The van der Waals surface area contributed by atoms with Crippen LogP contribution in [0.5, 0.6) is 5.75 Å². The Morgan fingerprint density at radius 1 is 0.838 bits per heavy atom. The Hall–Kier alpha value is -6.74. The topological polar surface area (TPSA) is 124 Å². The van der Waals surface area contributed by atoms with Gasteiger partial charge in [0.2, 0.25) is 5.91 Å². The van der Waals surface area contributed by atoms with Crippen LogP contribution in [0.4, 0.5) is 30.8 Å². The minimum absolute atomic E-state index is 0.0140. The molecule has 6 heterocycles. The van der Waals surface area contributed by atoms with Gasteiger partial charge in [0.15, 0.2) is 5.82 Å². The zero-order chi connectivity index (χ0) is 50.9. The third-order valence-electron chi connectivity index (χ3n) is 16.8. The van der Waals surface area contributed by atoms with Crippen LogP contribution in [-0.4, -0.2) is 106 Å². The minimum atomic E-state index is -2.68. The van der Waals surface area contributed by atoms with Gasteiger partial charge in [-0.25, -0.2) is 13.6 Å². The minimum Gasteiger partial charge on any atom is -0.508 e. The van der Waals surface area contributed by atoms with Gasteiger partial charge in [0.05, 0.1) is 18.8 Å². The molecule has 0 saturated carbocycles. The van der Waals surface area contributed by atoms with E-state index in [4.69, 9.17) is 9.84 Å². The van der Waals surface area contributed by atoms with Gasteiger partial charge in [0, 0.05) is 112 Å². The van der Waals surface area contributed by atoms with Crippen molar-refractivity contribution in [2.75, 3.05) is 69.3 Å². The zero-order valence-corrected chi connectivity index (χ0v) is 42.8. The molecule has 13 nitrogen and oxygen atoms in total. The van der Waals surface area contributed by atoms with Crippen LogP contribution in [0.2, 0.25) is 0 Å². The molecule has 2 aromatic heterocycles. The van der Waals surface area contributed by atoms with Crippen LogP contribution in [0.15, 0.2) is 97.3 Å². The molecule has 388 valence electrons. The molecule has 0 spiro atoms. The summed E-state index contributed by atoms with van der Waals surface area (Å²) < 4.78 is 39.4. The van der Waals surface area contributed by atoms with Crippen LogP contribution in [0, 0.1) is 5.92 Å². The number of aromatic nitrogens is 4. The maximum absolute atomic E-state index is 14.8. The van der Waals surface area contributed by atoms with Gasteiger partial charge >= 0.3 is 6.03 Å². The Labute approximate surface area is 433 Å². The Kier molecular flexibility index (Phi) is 14.5. The lowest BCUT2D eigenvalue weighted by molar-refractivity contribution is -0.137. The van der Waals surface area contributed by atoms with Crippen molar-refractivity contribution >= 4 is 29.1 Å². The normalized spacial score (nSPS) is 19.4. The van der Waals surface area contributed by atoms with Crippen molar-refractivity contribution in [3.63, 3.8) is 0 Å². The highest BCUT2D eigenvalue weighted by molar-refractivity contribution is 5.79. The number of amides is 3. The van der Waals surface area contributed by atoms with Gasteiger partial charge in [-0.05, 0) is 146 Å². The van der Waals surface area contributed by atoms with Crippen LogP contribution in [0.3, 0.4) is 0 Å². The summed E-state index contributed by atoms with van der Waals surface area (Å²) in [6.45, 7) is 5.42. The highest BCUT2D eigenvalue weighted by Gasteiger charge is 2.37. The SMILES string of the molecule is CNC(=O)N1CCc2c(c(N3CCCc4cc(-c5cnn(C)c5)c(C(F)F)cc43)nn2C2CCN(C(=O)COCCCC3CCN(c4ccc([C@H]5c6ccc(O)cc6CC[C@H]5c5ccccc5)cc4)CC3)CC2)C1. The standard InChI is InChI=1S/C59H69F2N9O4/c1-62-59(73)68-30-24-53-52(37-68)58(69-25-6-11-43-33-50(44-35-63-65(2)36-44)51(57(60)61)34-54(43)69)64-70(53)46-22-28-67(29-23-46)55(72)38-74-31-7-8-39-20-26-66(27-21-39)45-15-12-41(13-16-45)56-48(40-9-4-3-5-10-40)18-14-42-32-47(71)17-19-49(42)56/h3-5,9-10,12-13,15-17,19,32-36,39,46,48,56-57,71H,6-8,11,14,18,20-31,37-38H2,1-2H3,(H,62,73)/t48-,56+/m0/s1. The van der Waals surface area contributed by atoms with Crippen LogP contribution >= 0.6 is 0 Å². The van der Waals surface area contributed by atoms with E-state index in [0.717, 1.165) is 106 Å². The molecule has 3 amide bonds. The van der Waals surface area contributed by atoms with Gasteiger partial charge in [-0.3, -0.25) is 14.2 Å². The molecule has 15 heteroatoms. The van der Waals surface area contributed by atoms with Crippen molar-refractivity contribution in [3.05, 3.63) is 142 Å². The summed E-state index contributed by atoms with van der Waals surface area (Å²) in [4.78, 5) is 34.7. The maximum atomic E-state index is 14.8. The molecule has 0 bridgehead atoms. The molecule has 2 atom stereocenters. The molecule has 11 rings (SSSR count). The van der Waals surface area contributed by atoms with E-state index < -0.39 is 6.43 Å². The predicted molar refractivity (Wildman–Crippen MR) is 283 cm³/mol. The first-order valence-corrected chi connectivity index (χ1v) is 27.0. The summed E-state index contributed by atoms with van der Waals surface area (Å²) in [5.41, 5.74) is 11.4. The van der Waals surface area contributed by atoms with E-state index in [-0.39, 0.29) is 36.1 Å². The number of ether oxygens (including phenoxy) is 1. The fourth-order valence-corrected chi connectivity index (χ4v) is 12.9. The van der Waals surface area contributed by atoms with Crippen molar-refractivity contribution in [2.24, 2.45) is 13.0 Å². The average molecular weight is 1010 g/mol. The molecule has 4 aromatic carbocycles. The molecule has 2 fully saturated rings. The number of rotatable bonds is 13. The third kappa shape index (κ3) is 10.1. The van der Waals surface area contributed by atoms with Crippen molar-refractivity contribution in [1.82, 2.24) is 34.7 Å². The molecule has 6 aromatic rings. The van der Waals surface area contributed by atoms with Crippen LogP contribution < -0.4 is 15.1 Å². The van der Waals surface area contributed by atoms with E-state index in [1.807, 2.05) is 23.1 Å². The number of fused-ring (bicyclic) bond motifs is 3. The number of aromatic hydroxyl groups is 1. The zero-order valence-electron chi connectivity index (χ0n) is 42.8. The largest absolute Gasteiger partial charge is 0.508 e. The molecular formula is C59H69F2N9O4. The first kappa shape index (κ1) is 49.5. The lowest BCUT2D eigenvalue weighted by Gasteiger charge is -2.36. The Morgan fingerprint density at radius 3 is 2.38 bits per heavy atom. The number of benzene rings is 4. The fourth-order valence-electron chi connectivity index (χ4n) is 12.9. The third-order valence-corrected chi connectivity index (χ3v) is 16.8. The van der Waals surface area contributed by atoms with Gasteiger partial charge in [0.1, 0.15) is 12.4 Å². The molecule has 0 radical (unpaired) electrons. The summed E-state index contributed by atoms with van der Waals surface area (Å²) in [5.74, 6) is 2.32. The highest BCUT2D eigenvalue weighted by atomic mass is 19.3. The number of anilines is 3. The quantitative estimate of drug-likeness (QED) is 0.110. The summed E-state index contributed by atoms with van der Waals surface area (Å²) in [7, 11) is 3.41. The number of piperidine rings is 2. The second-order valence-electron chi connectivity index (χ2n) is 21.2. The molecule has 4 aliphatic heterocycles. The number of urea groups is 1. The maximum Gasteiger partial charge on any atom is 0.317 e. The summed E-state index contributed by atoms with van der Waals surface area (Å²) in [6, 6.07) is 29.4. The first-order chi connectivity index (χ1) is 36.1. The number of hydrogen-bond acceptors (Lipinski definition) is 8. The molecule has 0 unspecified atom stereocenters. The fraction of sp³-hybridized carbons (Fsp3) is 0.458. The van der Waals surface area contributed by atoms with E-state index in [1.165, 1.54) is 27.9 Å². The predicted octanol–water partition coefficient (Wildman–Crippen LogP) is 10.4. The number of likely N-dealkylation sites (tertiary alicyclic amines) is 1. The number of nitrogens with zero attached hydrogens (tertiary/aromatic N) is 8. The molecule has 2 N–H and O–H groups in total. The lowest BCUT2D eigenvalue weighted by atomic mass is 9.69. The number of alkyl halides is 2. The Balaban J connectivity index is 0.668. The van der Waals surface area contributed by atoms with Crippen molar-refractivity contribution in [1.29, 1.82) is 0 Å². The summed E-state index contributed by atoms with van der Waals surface area (Å²) >= 11 is 0. The number of hydrogen-bond donors (Lipinski definition) is 2. The monoisotopic (exact) mass is 1010 g/mol. The van der Waals surface area contributed by atoms with Gasteiger partial charge < -0.3 is 34.8 Å². The Bertz CT molecular complexity index is 2940. The number of carbonyl (C=O) groups is 2. The van der Waals surface area contributed by atoms with Gasteiger partial charge in [-0.1, -0.05) is 48.5 Å². The highest BCUT2D eigenvalue weighted by Crippen LogP contribution is 2.48.